The second-order valence-corrected chi connectivity index (χ2v) is 4.13. The molecule has 2 rings (SSSR count). The Hall–Kier alpha value is -1.85. The Morgan fingerprint density at radius 1 is 1.33 bits per heavy atom. The number of nitrogens with zero attached hydrogens (tertiary/aromatic N) is 1. The molecule has 1 aromatic carbocycles. The van der Waals surface area contributed by atoms with E-state index in [1.54, 1.807) is 0 Å². The van der Waals surface area contributed by atoms with E-state index in [1.165, 1.54) is 6.20 Å². The fourth-order valence-electron chi connectivity index (χ4n) is 1.63. The van der Waals surface area contributed by atoms with Crippen LogP contribution < -0.4 is 16.6 Å². The topological polar surface area (TPSA) is 83.8 Å². The molecule has 94 valence electrons. The maximum Gasteiger partial charge on any atom is 0.285 e. The Kier molecular flexibility index (Phi) is 3.96. The van der Waals surface area contributed by atoms with E-state index in [9.17, 15) is 4.79 Å². The highest BCUT2D eigenvalue weighted by Crippen LogP contribution is 2.16. The van der Waals surface area contributed by atoms with Crippen LogP contribution in [0.1, 0.15) is 11.1 Å². The summed E-state index contributed by atoms with van der Waals surface area (Å²) in [5.41, 5.74) is 7.87. The lowest BCUT2D eigenvalue weighted by molar-refractivity contribution is 0.972. The molecule has 0 aliphatic rings. The van der Waals surface area contributed by atoms with E-state index in [0.717, 1.165) is 11.1 Å². The molecule has 0 amide bonds. The van der Waals surface area contributed by atoms with Crippen molar-refractivity contribution in [1.29, 1.82) is 0 Å². The fraction of sp³-hybridized carbons (Fsp3) is 0.167. The molecule has 18 heavy (non-hydrogen) atoms. The lowest BCUT2D eigenvalue weighted by Crippen LogP contribution is -2.12. The van der Waals surface area contributed by atoms with E-state index in [4.69, 9.17) is 17.3 Å². The van der Waals surface area contributed by atoms with Crippen LogP contribution in [0.15, 0.2) is 35.3 Å². The molecule has 0 saturated heterocycles. The lowest BCUT2D eigenvalue weighted by Gasteiger charge is -2.10. The minimum absolute atomic E-state index is 0.107. The lowest BCUT2D eigenvalue weighted by atomic mass is 10.1. The van der Waals surface area contributed by atoms with Gasteiger partial charge in [0, 0.05) is 13.1 Å². The standard InChI is InChI=1S/C12H13ClN4O/c13-11-10(7-16-17-12(11)18)15-6-9-4-2-1-3-8(9)5-14/h1-4,7H,5-6,14H2,(H2,15,17,18). The molecule has 6 heteroatoms. The molecule has 0 aliphatic carbocycles. The maximum absolute atomic E-state index is 11.3. The van der Waals surface area contributed by atoms with Gasteiger partial charge in [-0.3, -0.25) is 4.79 Å². The molecule has 5 nitrogen and oxygen atoms in total. The number of anilines is 1. The highest BCUT2D eigenvalue weighted by molar-refractivity contribution is 6.32. The van der Waals surface area contributed by atoms with Crippen molar-refractivity contribution >= 4 is 17.3 Å². The van der Waals surface area contributed by atoms with Crippen molar-refractivity contribution in [3.05, 3.63) is 57.0 Å². The third kappa shape index (κ3) is 2.69. The summed E-state index contributed by atoms with van der Waals surface area (Å²) in [6.07, 6.45) is 1.48. The fourth-order valence-corrected chi connectivity index (χ4v) is 1.78. The van der Waals surface area contributed by atoms with Crippen LogP contribution >= 0.6 is 11.6 Å². The van der Waals surface area contributed by atoms with E-state index in [1.807, 2.05) is 24.3 Å². The Morgan fingerprint density at radius 3 is 2.78 bits per heavy atom. The number of H-pyrrole nitrogens is 1. The van der Waals surface area contributed by atoms with Crippen LogP contribution in [0.25, 0.3) is 0 Å². The first-order chi connectivity index (χ1) is 8.72. The van der Waals surface area contributed by atoms with Gasteiger partial charge in [-0.25, -0.2) is 5.10 Å². The average Bonchev–Trinajstić information content (AvgIpc) is 2.41. The van der Waals surface area contributed by atoms with Crippen LogP contribution in [-0.2, 0) is 13.1 Å². The van der Waals surface area contributed by atoms with Crippen molar-refractivity contribution in [2.24, 2.45) is 5.73 Å². The van der Waals surface area contributed by atoms with Gasteiger partial charge in [-0.2, -0.15) is 5.10 Å². The largest absolute Gasteiger partial charge is 0.378 e. The number of aromatic amines is 1. The summed E-state index contributed by atoms with van der Waals surface area (Å²) in [5, 5.41) is 9.14. The molecular formula is C12H13ClN4O. The van der Waals surface area contributed by atoms with Gasteiger partial charge in [-0.05, 0) is 11.1 Å². The highest BCUT2D eigenvalue weighted by atomic mass is 35.5. The number of hydrogen-bond donors (Lipinski definition) is 3. The maximum atomic E-state index is 11.3. The number of hydrogen-bond acceptors (Lipinski definition) is 4. The smallest absolute Gasteiger partial charge is 0.285 e. The monoisotopic (exact) mass is 264 g/mol. The Labute approximate surface area is 109 Å². The zero-order valence-electron chi connectivity index (χ0n) is 9.61. The van der Waals surface area contributed by atoms with Crippen molar-refractivity contribution in [1.82, 2.24) is 10.2 Å². The van der Waals surface area contributed by atoms with Crippen LogP contribution in [0.3, 0.4) is 0 Å². The molecular weight excluding hydrogens is 252 g/mol. The first kappa shape index (κ1) is 12.6. The van der Waals surface area contributed by atoms with Crippen LogP contribution in [-0.4, -0.2) is 10.2 Å². The molecule has 1 aromatic heterocycles. The van der Waals surface area contributed by atoms with Gasteiger partial charge in [0.1, 0.15) is 5.02 Å². The molecule has 0 atom stereocenters. The molecule has 4 N–H and O–H groups in total. The number of nitrogens with two attached hydrogens (primary N) is 1. The summed E-state index contributed by atoms with van der Waals surface area (Å²) in [5.74, 6) is 0. The van der Waals surface area contributed by atoms with E-state index < -0.39 is 5.56 Å². The van der Waals surface area contributed by atoms with Gasteiger partial charge in [0.25, 0.3) is 5.56 Å². The van der Waals surface area contributed by atoms with E-state index in [-0.39, 0.29) is 5.02 Å². The molecule has 0 aliphatic heterocycles. The van der Waals surface area contributed by atoms with Crippen LogP contribution in [0.2, 0.25) is 5.02 Å². The first-order valence-corrected chi connectivity index (χ1v) is 5.84. The zero-order chi connectivity index (χ0) is 13.0. The molecule has 0 saturated carbocycles. The molecule has 0 fully saturated rings. The van der Waals surface area contributed by atoms with Gasteiger partial charge in [-0.1, -0.05) is 35.9 Å². The quantitative estimate of drug-likeness (QED) is 0.781. The number of halogens is 1. The summed E-state index contributed by atoms with van der Waals surface area (Å²) >= 11 is 5.86. The van der Waals surface area contributed by atoms with Crippen molar-refractivity contribution in [2.75, 3.05) is 5.32 Å². The normalized spacial score (nSPS) is 10.3. The van der Waals surface area contributed by atoms with Gasteiger partial charge in [0.2, 0.25) is 0 Å². The second-order valence-electron chi connectivity index (χ2n) is 3.75. The Morgan fingerprint density at radius 2 is 2.06 bits per heavy atom. The highest BCUT2D eigenvalue weighted by Gasteiger charge is 2.05. The molecule has 0 unspecified atom stereocenters. The number of rotatable bonds is 4. The van der Waals surface area contributed by atoms with Crippen LogP contribution in [0.4, 0.5) is 5.69 Å². The van der Waals surface area contributed by atoms with E-state index in [2.05, 4.69) is 15.5 Å². The number of benzene rings is 1. The summed E-state index contributed by atoms with van der Waals surface area (Å²) in [7, 11) is 0. The van der Waals surface area contributed by atoms with E-state index >= 15 is 0 Å². The molecule has 0 spiro atoms. The summed E-state index contributed by atoms with van der Waals surface area (Å²) in [4.78, 5) is 11.3. The van der Waals surface area contributed by atoms with Crippen molar-refractivity contribution in [3.8, 4) is 0 Å². The molecule has 0 radical (unpaired) electrons. The predicted octanol–water partition coefficient (Wildman–Crippen LogP) is 1.49. The minimum Gasteiger partial charge on any atom is -0.378 e. The summed E-state index contributed by atoms with van der Waals surface area (Å²) < 4.78 is 0. The van der Waals surface area contributed by atoms with Gasteiger partial charge in [0.15, 0.2) is 0 Å². The van der Waals surface area contributed by atoms with Gasteiger partial charge >= 0.3 is 0 Å². The van der Waals surface area contributed by atoms with Crippen LogP contribution in [0.5, 0.6) is 0 Å². The van der Waals surface area contributed by atoms with Crippen molar-refractivity contribution in [2.45, 2.75) is 13.1 Å². The minimum atomic E-state index is -0.409. The third-order valence-corrected chi connectivity index (χ3v) is 2.98. The summed E-state index contributed by atoms with van der Waals surface area (Å²) in [6.45, 7) is 1.01. The Balaban J connectivity index is 2.16. The number of nitrogens with one attached hydrogen (secondary N) is 2. The molecule has 1 heterocycles. The first-order valence-electron chi connectivity index (χ1n) is 5.46. The summed E-state index contributed by atoms with van der Waals surface area (Å²) in [6, 6.07) is 7.82. The average molecular weight is 265 g/mol. The van der Waals surface area contributed by atoms with Gasteiger partial charge in [-0.15, -0.1) is 0 Å². The van der Waals surface area contributed by atoms with Gasteiger partial charge in [0.05, 0.1) is 11.9 Å². The van der Waals surface area contributed by atoms with Crippen molar-refractivity contribution in [3.63, 3.8) is 0 Å². The van der Waals surface area contributed by atoms with Gasteiger partial charge < -0.3 is 11.1 Å². The zero-order valence-corrected chi connectivity index (χ0v) is 10.4. The van der Waals surface area contributed by atoms with E-state index in [0.29, 0.717) is 18.8 Å². The number of aromatic nitrogens is 2. The molecule has 2 aromatic rings. The SMILES string of the molecule is NCc1ccccc1CNc1cn[nH]c(=O)c1Cl. The van der Waals surface area contributed by atoms with Crippen LogP contribution in [0, 0.1) is 0 Å². The van der Waals surface area contributed by atoms with Crippen molar-refractivity contribution < 1.29 is 0 Å². The Bertz CT molecular complexity index is 597. The third-order valence-electron chi connectivity index (χ3n) is 2.60. The predicted molar refractivity (Wildman–Crippen MR) is 71.5 cm³/mol. The second kappa shape index (κ2) is 5.66. The molecule has 0 bridgehead atoms.